The zero-order valence-electron chi connectivity index (χ0n) is 35.4. The minimum atomic E-state index is -0.935. The van der Waals surface area contributed by atoms with E-state index >= 15 is 0 Å². The van der Waals surface area contributed by atoms with Gasteiger partial charge in [-0.05, 0) is 128 Å². The highest BCUT2D eigenvalue weighted by Gasteiger charge is 2.52. The lowest BCUT2D eigenvalue weighted by atomic mass is 9.78. The number of aromatic nitrogens is 2. The van der Waals surface area contributed by atoms with Crippen molar-refractivity contribution in [3.05, 3.63) is 128 Å². The third-order valence-electron chi connectivity index (χ3n) is 11.1. The summed E-state index contributed by atoms with van der Waals surface area (Å²) < 4.78 is 26.9. The first-order chi connectivity index (χ1) is 26.6. The summed E-state index contributed by atoms with van der Waals surface area (Å²) in [6, 6.07) is 21.1. The van der Waals surface area contributed by atoms with E-state index in [1.165, 1.54) is 4.57 Å². The van der Waals surface area contributed by atoms with Crippen LogP contribution in [0.3, 0.4) is 0 Å². The van der Waals surface area contributed by atoms with E-state index in [0.29, 0.717) is 31.4 Å². The number of hydrogen-bond acceptors (Lipinski definition) is 9. The SMILES string of the molecule is CC1(C)OB(c2ccc(C(=O)O)cc2)OC1(C)C.Cl.Cn1ccc(CCCC(=O)c2ccc(B3OC(C)(C)C(C)(C)O3)cc2)cc1=O.Cn1ccc(CCN)cc1=O. The van der Waals surface area contributed by atoms with E-state index in [9.17, 15) is 19.2 Å². The van der Waals surface area contributed by atoms with Gasteiger partial charge >= 0.3 is 20.2 Å². The highest BCUT2D eigenvalue weighted by Crippen LogP contribution is 2.37. The van der Waals surface area contributed by atoms with Gasteiger partial charge in [0.1, 0.15) is 0 Å². The molecule has 12 nitrogen and oxygen atoms in total. The molecule has 0 radical (unpaired) electrons. The van der Waals surface area contributed by atoms with Crippen LogP contribution in [0.5, 0.6) is 0 Å². The summed E-state index contributed by atoms with van der Waals surface area (Å²) >= 11 is 0. The molecular formula is C43H58B2ClN3O9. The van der Waals surface area contributed by atoms with Crippen LogP contribution in [0.2, 0.25) is 0 Å². The number of aryl methyl sites for hydroxylation is 3. The van der Waals surface area contributed by atoms with E-state index in [0.717, 1.165) is 28.5 Å². The molecule has 6 rings (SSSR count). The van der Waals surface area contributed by atoms with E-state index in [-0.39, 0.29) is 57.3 Å². The first-order valence-corrected chi connectivity index (χ1v) is 19.2. The van der Waals surface area contributed by atoms with Crippen molar-refractivity contribution < 1.29 is 33.3 Å². The number of nitrogens with two attached hydrogens (primary N) is 1. The van der Waals surface area contributed by atoms with E-state index in [4.69, 9.17) is 29.5 Å². The van der Waals surface area contributed by atoms with Gasteiger partial charge in [0, 0.05) is 50.6 Å². The third-order valence-corrected chi connectivity index (χ3v) is 11.1. The van der Waals surface area contributed by atoms with Crippen LogP contribution in [-0.4, -0.2) is 69.2 Å². The number of carboxylic acids is 1. The van der Waals surface area contributed by atoms with Crippen LogP contribution < -0.4 is 27.8 Å². The fourth-order valence-electron chi connectivity index (χ4n) is 5.82. The first kappa shape index (κ1) is 48.1. The van der Waals surface area contributed by atoms with E-state index in [2.05, 4.69) is 0 Å². The Hall–Kier alpha value is -4.30. The molecular weight excluding hydrogens is 760 g/mol. The van der Waals surface area contributed by atoms with Crippen LogP contribution in [0, 0.1) is 0 Å². The molecule has 58 heavy (non-hydrogen) atoms. The summed E-state index contributed by atoms with van der Waals surface area (Å²) in [5.74, 6) is -0.834. The molecule has 0 amide bonds. The second-order valence-electron chi connectivity index (χ2n) is 16.5. The summed E-state index contributed by atoms with van der Waals surface area (Å²) in [6.07, 6.45) is 6.17. The summed E-state index contributed by atoms with van der Waals surface area (Å²) in [4.78, 5) is 45.9. The molecule has 0 bridgehead atoms. The zero-order chi connectivity index (χ0) is 42.3. The molecule has 312 valence electrons. The first-order valence-electron chi connectivity index (χ1n) is 19.2. The third kappa shape index (κ3) is 12.1. The van der Waals surface area contributed by atoms with Crippen molar-refractivity contribution in [1.82, 2.24) is 9.13 Å². The van der Waals surface area contributed by atoms with Gasteiger partial charge in [-0.25, -0.2) is 4.79 Å². The lowest BCUT2D eigenvalue weighted by Crippen LogP contribution is -2.41. The molecule has 2 fully saturated rings. The lowest BCUT2D eigenvalue weighted by Gasteiger charge is -2.32. The van der Waals surface area contributed by atoms with Gasteiger partial charge in [-0.15, -0.1) is 12.4 Å². The van der Waals surface area contributed by atoms with Crippen molar-refractivity contribution in [1.29, 1.82) is 0 Å². The second kappa shape index (κ2) is 19.6. The Morgan fingerprint density at radius 3 is 1.33 bits per heavy atom. The van der Waals surface area contributed by atoms with Gasteiger partial charge < -0.3 is 38.6 Å². The molecule has 0 saturated carbocycles. The normalized spacial score (nSPS) is 16.9. The Morgan fingerprint density at radius 1 is 0.621 bits per heavy atom. The molecule has 3 N–H and O–H groups in total. The molecule has 4 aromatic rings. The van der Waals surface area contributed by atoms with Crippen LogP contribution in [0.1, 0.15) is 100 Å². The van der Waals surface area contributed by atoms with Gasteiger partial charge in [-0.3, -0.25) is 14.4 Å². The van der Waals surface area contributed by atoms with Crippen LogP contribution in [0.4, 0.5) is 0 Å². The molecule has 2 aliphatic heterocycles. The highest BCUT2D eigenvalue weighted by molar-refractivity contribution is 6.62. The maximum absolute atomic E-state index is 12.5. The predicted molar refractivity (Wildman–Crippen MR) is 232 cm³/mol. The van der Waals surface area contributed by atoms with Gasteiger partial charge in [-0.1, -0.05) is 36.4 Å². The zero-order valence-corrected chi connectivity index (χ0v) is 36.2. The number of carbonyl (C=O) groups is 2. The quantitative estimate of drug-likeness (QED) is 0.167. The number of pyridine rings is 2. The van der Waals surface area contributed by atoms with Crippen LogP contribution in [0.25, 0.3) is 0 Å². The summed E-state index contributed by atoms with van der Waals surface area (Å²) in [7, 11) is 2.59. The fraction of sp³-hybridized carbons (Fsp3) is 0.442. The van der Waals surface area contributed by atoms with Gasteiger partial charge in [0.25, 0.3) is 11.1 Å². The molecule has 0 unspecified atom stereocenters. The molecule has 2 aromatic carbocycles. The molecule has 4 heterocycles. The number of Topliss-reactive ketones (excluding diaryl/α,β-unsaturated/α-hetero) is 1. The standard InChI is InChI=1S/C22H28BNO4.C13H17BO4.C8H12N2O.ClH/c1-21(2)22(3,4)28-23(27-21)18-11-9-17(10-12-18)19(25)8-6-7-16-13-14-24(5)20(26)15-16;1-12(2)13(3,4)18-14(17-12)10-7-5-9(6-8-10)11(15)16;1-10-5-3-7(2-4-9)6-8(10)11;/h9-15H,6-8H2,1-5H3;5-8H,1-4H3,(H,15,16);3,5-6H,2,4,9H2,1H3;1H. The smallest absolute Gasteiger partial charge is 0.478 e. The largest absolute Gasteiger partial charge is 0.494 e. The van der Waals surface area contributed by atoms with E-state index in [1.54, 1.807) is 67.5 Å². The Kier molecular flexibility index (Phi) is 16.3. The van der Waals surface area contributed by atoms with Crippen molar-refractivity contribution >= 4 is 49.3 Å². The molecule has 2 aromatic heterocycles. The number of halogens is 1. The topological polar surface area (TPSA) is 161 Å². The molecule has 2 aliphatic rings. The van der Waals surface area contributed by atoms with Gasteiger partial charge in [0.2, 0.25) is 0 Å². The lowest BCUT2D eigenvalue weighted by molar-refractivity contribution is 0.00578. The molecule has 0 aliphatic carbocycles. The van der Waals surface area contributed by atoms with Crippen molar-refractivity contribution in [2.75, 3.05) is 6.54 Å². The fourth-order valence-corrected chi connectivity index (χ4v) is 5.82. The number of hydrogen-bond donors (Lipinski definition) is 2. The highest BCUT2D eigenvalue weighted by atomic mass is 35.5. The van der Waals surface area contributed by atoms with Crippen LogP contribution >= 0.6 is 12.4 Å². The van der Waals surface area contributed by atoms with Crippen molar-refractivity contribution in [2.45, 2.75) is 103 Å². The van der Waals surface area contributed by atoms with E-state index < -0.39 is 20.2 Å². The van der Waals surface area contributed by atoms with Gasteiger partial charge in [-0.2, -0.15) is 0 Å². The van der Waals surface area contributed by atoms with Crippen molar-refractivity contribution in [3.63, 3.8) is 0 Å². The van der Waals surface area contributed by atoms with Crippen LogP contribution in [-0.2, 0) is 45.6 Å². The van der Waals surface area contributed by atoms with Gasteiger partial charge in [0.15, 0.2) is 5.78 Å². The van der Waals surface area contributed by atoms with Gasteiger partial charge in [0.05, 0.1) is 28.0 Å². The molecule has 15 heteroatoms. The maximum atomic E-state index is 12.5. The number of carbonyl (C=O) groups excluding carboxylic acids is 1. The minimum absolute atomic E-state index is 0. The number of carboxylic acid groups (broad SMARTS) is 1. The van der Waals surface area contributed by atoms with E-state index in [1.807, 2.05) is 91.8 Å². The Labute approximate surface area is 348 Å². The number of rotatable bonds is 10. The van der Waals surface area contributed by atoms with Crippen molar-refractivity contribution in [3.8, 4) is 0 Å². The summed E-state index contributed by atoms with van der Waals surface area (Å²) in [6.45, 7) is 16.6. The average molecular weight is 818 g/mol. The predicted octanol–water partition coefficient (Wildman–Crippen LogP) is 4.88. The Morgan fingerprint density at radius 2 is 0.983 bits per heavy atom. The molecule has 0 atom stereocenters. The monoisotopic (exact) mass is 817 g/mol. The summed E-state index contributed by atoms with van der Waals surface area (Å²) in [5.41, 5.74) is 8.46. The summed E-state index contributed by atoms with van der Waals surface area (Å²) in [5, 5.41) is 8.84. The molecule has 2 saturated heterocycles. The van der Waals surface area contributed by atoms with Crippen molar-refractivity contribution in [2.24, 2.45) is 19.8 Å². The van der Waals surface area contributed by atoms with Crippen LogP contribution in [0.15, 0.2) is 94.8 Å². The maximum Gasteiger partial charge on any atom is 0.494 e. The number of ketones is 1. The number of nitrogens with zero attached hydrogens (tertiary/aromatic N) is 2. The average Bonchev–Trinajstić information content (AvgIpc) is 3.51. The molecule has 0 spiro atoms. The number of aromatic carboxylic acids is 1. The second-order valence-corrected chi connectivity index (χ2v) is 16.5. The Bertz CT molecular complexity index is 2100. The minimum Gasteiger partial charge on any atom is -0.478 e. The Balaban J connectivity index is 0.000000256. The number of benzene rings is 2.